The second-order valence-electron chi connectivity index (χ2n) is 15.8. The maximum Gasteiger partial charge on any atom is 1.00 e. The number of carboxylic acid groups (broad SMARTS) is 2. The van der Waals surface area contributed by atoms with Gasteiger partial charge in [-0.15, -0.1) is 0 Å². The maximum absolute atomic E-state index is 12.3. The quantitative estimate of drug-likeness (QED) is 0.0337. The monoisotopic (exact) mass is 956 g/mol. The molecular weight excluding hydrogens is 887 g/mol. The van der Waals surface area contributed by atoms with Crippen molar-refractivity contribution in [2.24, 2.45) is 0 Å². The number of aromatic carboxylic acids is 2. The zero-order chi connectivity index (χ0) is 46.2. The molecule has 0 amide bonds. The normalized spacial score (nSPS) is 12.1. The number of rotatable bonds is 34. The van der Waals surface area contributed by atoms with Crippen molar-refractivity contribution in [2.45, 2.75) is 191 Å². The number of unbranched alkanes of at least 4 members (excludes halogenated alkanes) is 22. The van der Waals surface area contributed by atoms with E-state index in [9.17, 15) is 55.3 Å². The van der Waals surface area contributed by atoms with E-state index in [1.54, 1.807) is 0 Å². The molecular formula is C46H70Na2O14S2. The average Bonchev–Trinajstić information content (AvgIpc) is 3.20. The van der Waals surface area contributed by atoms with Gasteiger partial charge in [-0.3, -0.25) is 18.7 Å². The summed E-state index contributed by atoms with van der Waals surface area (Å²) < 4.78 is 75.3. The zero-order valence-corrected chi connectivity index (χ0v) is 44.4. The Morgan fingerprint density at radius 3 is 0.922 bits per heavy atom. The first-order valence-corrected chi connectivity index (χ1v) is 25.5. The predicted octanol–water partition coefficient (Wildman–Crippen LogP) is 2.61. The number of benzene rings is 2. The standard InChI is InChI=1S/2C23H36O7S.2Na/c2*1-2-3-4-5-6-7-8-9-10-11-12-13-18-21(31(27,28)29)23(26)30-20-17-15-14-16-19(20)22(24)25;;/h2*14-17,21H,2-13,18H2,1H3,(H,24,25)(H,27,28,29);;/q;;2*+1/p-2. The Morgan fingerprint density at radius 1 is 0.453 bits per heavy atom. The third-order valence-corrected chi connectivity index (χ3v) is 12.8. The van der Waals surface area contributed by atoms with Gasteiger partial charge in [0.1, 0.15) is 11.5 Å². The Hall–Kier alpha value is -1.86. The van der Waals surface area contributed by atoms with Crippen molar-refractivity contribution in [2.75, 3.05) is 0 Å². The number of ether oxygens (including phenoxy) is 2. The summed E-state index contributed by atoms with van der Waals surface area (Å²) in [6.07, 6.45) is 26.2. The van der Waals surface area contributed by atoms with Gasteiger partial charge in [-0.25, -0.2) is 0 Å². The van der Waals surface area contributed by atoms with Crippen molar-refractivity contribution in [3.8, 4) is 11.5 Å². The molecule has 0 aliphatic carbocycles. The number of esters is 2. The van der Waals surface area contributed by atoms with Gasteiger partial charge < -0.3 is 29.3 Å². The molecule has 0 heterocycles. The summed E-state index contributed by atoms with van der Waals surface area (Å²) in [4.78, 5) is 46.8. The summed E-state index contributed by atoms with van der Waals surface area (Å²) in [6, 6.07) is 10.6. The average molecular weight is 957 g/mol. The molecule has 0 spiro atoms. The Labute approximate surface area is 426 Å². The Balaban J connectivity index is 0. The molecule has 2 aromatic rings. The van der Waals surface area contributed by atoms with Gasteiger partial charge in [0.2, 0.25) is 0 Å². The molecule has 0 aliphatic rings. The van der Waals surface area contributed by atoms with E-state index in [2.05, 4.69) is 13.8 Å². The topological polar surface area (TPSA) is 242 Å². The minimum atomic E-state index is -4.67. The van der Waals surface area contributed by atoms with Crippen LogP contribution in [0, 0.1) is 0 Å². The first-order chi connectivity index (χ1) is 29.5. The number of hydrogen-bond acceptors (Lipinski definition) is 12. The van der Waals surface area contributed by atoms with Gasteiger partial charge in [0.15, 0.2) is 10.5 Å². The number of hydrogen-bond donors (Lipinski definition) is 2. The van der Waals surface area contributed by atoms with E-state index in [1.807, 2.05) is 0 Å². The SMILES string of the molecule is CCCCCCCCCCCCCCC(C(=O)Oc1ccccc1C(=O)[O-])S(=O)(=O)O.CCCCCCCCCCCCCCC(C(=O)Oc1ccccc1C(=O)[O-])S(=O)(=O)O.[Na+].[Na+]. The van der Waals surface area contributed by atoms with Crippen LogP contribution in [0.1, 0.15) is 202 Å². The number of para-hydroxylation sites is 2. The van der Waals surface area contributed by atoms with Gasteiger partial charge in [-0.1, -0.05) is 192 Å². The first-order valence-electron chi connectivity index (χ1n) is 22.5. The summed E-state index contributed by atoms with van der Waals surface area (Å²) in [7, 11) is -9.34. The molecule has 2 atom stereocenters. The largest absolute Gasteiger partial charge is 1.00 e. The molecule has 14 nitrogen and oxygen atoms in total. The second-order valence-corrected chi connectivity index (χ2v) is 19.0. The van der Waals surface area contributed by atoms with E-state index in [1.165, 1.54) is 138 Å². The van der Waals surface area contributed by atoms with Gasteiger partial charge in [0, 0.05) is 11.1 Å². The molecule has 352 valence electrons. The molecule has 2 aromatic carbocycles. The van der Waals surface area contributed by atoms with E-state index in [-0.39, 0.29) is 94.6 Å². The zero-order valence-electron chi connectivity index (χ0n) is 38.8. The first kappa shape index (κ1) is 64.2. The maximum atomic E-state index is 12.3. The molecule has 2 unspecified atom stereocenters. The summed E-state index contributed by atoms with van der Waals surface area (Å²) in [5, 5.41) is 18.7. The van der Waals surface area contributed by atoms with Crippen LogP contribution in [-0.2, 0) is 29.8 Å². The van der Waals surface area contributed by atoms with Gasteiger partial charge in [0.05, 0.1) is 11.9 Å². The fraction of sp³-hybridized carbons (Fsp3) is 0.652. The van der Waals surface area contributed by atoms with Crippen LogP contribution in [-0.4, -0.2) is 60.3 Å². The van der Waals surface area contributed by atoms with Gasteiger partial charge in [0.25, 0.3) is 20.2 Å². The minimum Gasteiger partial charge on any atom is -0.545 e. The molecule has 0 aromatic heterocycles. The minimum absolute atomic E-state index is 0. The summed E-state index contributed by atoms with van der Waals surface area (Å²) in [5.74, 6) is -6.11. The fourth-order valence-corrected chi connectivity index (χ4v) is 8.43. The predicted molar refractivity (Wildman–Crippen MR) is 235 cm³/mol. The van der Waals surface area contributed by atoms with Crippen LogP contribution >= 0.6 is 0 Å². The second kappa shape index (κ2) is 38.1. The van der Waals surface area contributed by atoms with Crippen molar-refractivity contribution >= 4 is 44.1 Å². The van der Waals surface area contributed by atoms with Crippen molar-refractivity contribution in [1.82, 2.24) is 0 Å². The third kappa shape index (κ3) is 29.7. The fourth-order valence-electron chi connectivity index (χ4n) is 6.91. The smallest absolute Gasteiger partial charge is 0.545 e. The molecule has 2 rings (SSSR count). The summed E-state index contributed by atoms with van der Waals surface area (Å²) >= 11 is 0. The summed E-state index contributed by atoms with van der Waals surface area (Å²) in [6.45, 7) is 4.41. The Kier molecular flexibility index (Phi) is 38.3. The van der Waals surface area contributed by atoms with Crippen LogP contribution in [0.4, 0.5) is 0 Å². The van der Waals surface area contributed by atoms with Gasteiger partial charge in [-0.05, 0) is 37.1 Å². The van der Waals surface area contributed by atoms with Gasteiger partial charge >= 0.3 is 71.1 Å². The van der Waals surface area contributed by atoms with Gasteiger partial charge in [-0.2, -0.15) is 16.8 Å². The Morgan fingerprint density at radius 2 is 0.688 bits per heavy atom. The van der Waals surface area contributed by atoms with E-state index in [0.717, 1.165) is 51.4 Å². The Bertz CT molecular complexity index is 1690. The van der Waals surface area contributed by atoms with E-state index in [0.29, 0.717) is 12.8 Å². The molecule has 0 radical (unpaired) electrons. The van der Waals surface area contributed by atoms with E-state index < -0.39 is 54.6 Å². The molecule has 0 fully saturated rings. The van der Waals surface area contributed by atoms with E-state index >= 15 is 0 Å². The van der Waals surface area contributed by atoms with Crippen LogP contribution in [0.25, 0.3) is 0 Å². The molecule has 0 aliphatic heterocycles. The van der Waals surface area contributed by atoms with Crippen molar-refractivity contribution in [1.29, 1.82) is 0 Å². The van der Waals surface area contributed by atoms with Crippen molar-refractivity contribution in [3.63, 3.8) is 0 Å². The number of carbonyl (C=O) groups is 4. The van der Waals surface area contributed by atoms with Crippen molar-refractivity contribution in [3.05, 3.63) is 59.7 Å². The van der Waals surface area contributed by atoms with Crippen LogP contribution in [0.2, 0.25) is 0 Å². The summed E-state index contributed by atoms with van der Waals surface area (Å²) in [5.41, 5.74) is -0.731. The number of carbonyl (C=O) groups excluding carboxylic acids is 4. The molecule has 18 heteroatoms. The molecule has 64 heavy (non-hydrogen) atoms. The van der Waals surface area contributed by atoms with E-state index in [4.69, 9.17) is 9.47 Å². The third-order valence-electron chi connectivity index (χ3n) is 10.5. The van der Waals surface area contributed by atoms with Crippen LogP contribution in [0.3, 0.4) is 0 Å². The van der Waals surface area contributed by atoms with Crippen LogP contribution in [0.15, 0.2) is 48.5 Å². The van der Waals surface area contributed by atoms with Crippen LogP contribution < -0.4 is 78.8 Å². The van der Waals surface area contributed by atoms with Crippen LogP contribution in [0.5, 0.6) is 11.5 Å². The molecule has 2 N–H and O–H groups in total. The molecule has 0 saturated heterocycles. The van der Waals surface area contributed by atoms with Crippen molar-refractivity contribution < 1.29 is 124 Å². The molecule has 0 saturated carbocycles. The number of carboxylic acids is 2. The molecule has 0 bridgehead atoms.